The van der Waals surface area contributed by atoms with Gasteiger partial charge in [-0.15, -0.1) is 0 Å². The second-order valence-corrected chi connectivity index (χ2v) is 5.74. The van der Waals surface area contributed by atoms with Crippen molar-refractivity contribution in [2.24, 2.45) is 0 Å². The maximum absolute atomic E-state index is 12.7. The van der Waals surface area contributed by atoms with Gasteiger partial charge in [-0.2, -0.15) is 0 Å². The molecule has 0 spiro atoms. The Morgan fingerprint density at radius 1 is 1.14 bits per heavy atom. The van der Waals surface area contributed by atoms with Gasteiger partial charge in [-0.05, 0) is 52.7 Å². The topological polar surface area (TPSA) is 35.5 Å². The van der Waals surface area contributed by atoms with Crippen molar-refractivity contribution in [3.05, 3.63) is 56.5 Å². The van der Waals surface area contributed by atoms with Crippen LogP contribution < -0.4 is 9.47 Å². The maximum Gasteiger partial charge on any atom is 0.197 e. The van der Waals surface area contributed by atoms with Crippen molar-refractivity contribution in [2.75, 3.05) is 14.2 Å². The molecular formula is C16H14BrClO3. The summed E-state index contributed by atoms with van der Waals surface area (Å²) in [5.74, 6) is 0.933. The van der Waals surface area contributed by atoms with Gasteiger partial charge < -0.3 is 9.47 Å². The number of rotatable bonds is 4. The molecule has 0 unspecified atom stereocenters. The van der Waals surface area contributed by atoms with Gasteiger partial charge in [0.25, 0.3) is 0 Å². The van der Waals surface area contributed by atoms with E-state index in [0.717, 1.165) is 5.56 Å². The first-order chi connectivity index (χ1) is 9.97. The van der Waals surface area contributed by atoms with E-state index in [1.165, 1.54) is 7.11 Å². The number of hydrogen-bond donors (Lipinski definition) is 0. The molecule has 5 heteroatoms. The molecule has 110 valence electrons. The zero-order chi connectivity index (χ0) is 15.6. The highest BCUT2D eigenvalue weighted by atomic mass is 79.9. The average molecular weight is 370 g/mol. The SMILES string of the molecule is COc1cc(Br)c(C(=O)c2ccc(Cl)c(C)c2)c(OC)c1. The number of halogens is 2. The van der Waals surface area contributed by atoms with Crippen LogP contribution in [0.4, 0.5) is 0 Å². The van der Waals surface area contributed by atoms with Crippen molar-refractivity contribution in [1.29, 1.82) is 0 Å². The molecule has 0 aliphatic heterocycles. The van der Waals surface area contributed by atoms with Crippen LogP contribution in [-0.4, -0.2) is 20.0 Å². The summed E-state index contributed by atoms with van der Waals surface area (Å²) in [5, 5.41) is 0.632. The fourth-order valence-electron chi connectivity index (χ4n) is 1.99. The molecular weight excluding hydrogens is 356 g/mol. The summed E-state index contributed by atoms with van der Waals surface area (Å²) in [6.07, 6.45) is 0. The molecule has 0 bridgehead atoms. The van der Waals surface area contributed by atoms with E-state index in [2.05, 4.69) is 15.9 Å². The van der Waals surface area contributed by atoms with Crippen LogP contribution in [0.2, 0.25) is 5.02 Å². The predicted molar refractivity (Wildman–Crippen MR) is 86.9 cm³/mol. The Balaban J connectivity index is 2.54. The van der Waals surface area contributed by atoms with Crippen molar-refractivity contribution in [3.8, 4) is 11.5 Å². The minimum Gasteiger partial charge on any atom is -0.497 e. The molecule has 0 saturated carbocycles. The first kappa shape index (κ1) is 15.9. The van der Waals surface area contributed by atoms with Crippen molar-refractivity contribution < 1.29 is 14.3 Å². The van der Waals surface area contributed by atoms with Gasteiger partial charge in [-0.25, -0.2) is 0 Å². The normalized spacial score (nSPS) is 10.3. The van der Waals surface area contributed by atoms with Crippen molar-refractivity contribution in [1.82, 2.24) is 0 Å². The van der Waals surface area contributed by atoms with Crippen LogP contribution in [0.25, 0.3) is 0 Å². The summed E-state index contributed by atoms with van der Waals surface area (Å²) in [4.78, 5) is 12.7. The van der Waals surface area contributed by atoms with Crippen molar-refractivity contribution >= 4 is 33.3 Å². The molecule has 0 radical (unpaired) electrons. The number of methoxy groups -OCH3 is 2. The number of ketones is 1. The zero-order valence-electron chi connectivity index (χ0n) is 11.9. The Labute approximate surface area is 137 Å². The lowest BCUT2D eigenvalue weighted by atomic mass is 10.0. The molecule has 0 aliphatic carbocycles. The highest BCUT2D eigenvalue weighted by Crippen LogP contribution is 2.34. The highest BCUT2D eigenvalue weighted by molar-refractivity contribution is 9.10. The van der Waals surface area contributed by atoms with Gasteiger partial charge in [0.15, 0.2) is 5.78 Å². The highest BCUT2D eigenvalue weighted by Gasteiger charge is 2.20. The Morgan fingerprint density at radius 3 is 2.43 bits per heavy atom. The van der Waals surface area contributed by atoms with Crippen molar-refractivity contribution in [2.45, 2.75) is 6.92 Å². The molecule has 0 saturated heterocycles. The van der Waals surface area contributed by atoms with E-state index < -0.39 is 0 Å². The van der Waals surface area contributed by atoms with Crippen LogP contribution in [0.1, 0.15) is 21.5 Å². The number of benzene rings is 2. The molecule has 0 heterocycles. The second kappa shape index (κ2) is 6.50. The first-order valence-corrected chi connectivity index (χ1v) is 7.37. The average Bonchev–Trinajstić information content (AvgIpc) is 2.48. The molecule has 2 aromatic rings. The number of carbonyl (C=O) groups is 1. The lowest BCUT2D eigenvalue weighted by Gasteiger charge is -2.12. The molecule has 0 atom stereocenters. The molecule has 2 rings (SSSR count). The Hall–Kier alpha value is -1.52. The van der Waals surface area contributed by atoms with Crippen LogP contribution in [0.3, 0.4) is 0 Å². The molecule has 0 aliphatic rings. The van der Waals surface area contributed by atoms with Crippen LogP contribution in [0.5, 0.6) is 11.5 Å². The number of carbonyl (C=O) groups excluding carboxylic acids is 1. The summed E-state index contributed by atoms with van der Waals surface area (Å²) in [6, 6.07) is 8.60. The predicted octanol–water partition coefficient (Wildman–Crippen LogP) is 4.66. The van der Waals surface area contributed by atoms with E-state index in [9.17, 15) is 4.79 Å². The third-order valence-electron chi connectivity index (χ3n) is 3.13. The van der Waals surface area contributed by atoms with Crippen LogP contribution in [-0.2, 0) is 0 Å². The Morgan fingerprint density at radius 2 is 1.86 bits per heavy atom. The molecule has 0 fully saturated rings. The molecule has 2 aromatic carbocycles. The third kappa shape index (κ3) is 3.22. The molecule has 0 amide bonds. The van der Waals surface area contributed by atoms with Crippen LogP contribution in [0.15, 0.2) is 34.8 Å². The van der Waals surface area contributed by atoms with E-state index in [4.69, 9.17) is 21.1 Å². The first-order valence-electron chi connectivity index (χ1n) is 6.20. The van der Waals surface area contributed by atoms with E-state index in [-0.39, 0.29) is 5.78 Å². The van der Waals surface area contributed by atoms with E-state index in [0.29, 0.717) is 32.1 Å². The lowest BCUT2D eigenvalue weighted by molar-refractivity contribution is 0.103. The number of ether oxygens (including phenoxy) is 2. The van der Waals surface area contributed by atoms with E-state index in [1.54, 1.807) is 37.4 Å². The van der Waals surface area contributed by atoms with Crippen LogP contribution in [0, 0.1) is 6.92 Å². The molecule has 0 N–H and O–H groups in total. The maximum atomic E-state index is 12.7. The van der Waals surface area contributed by atoms with Gasteiger partial charge >= 0.3 is 0 Å². The van der Waals surface area contributed by atoms with Gasteiger partial charge in [0, 0.05) is 21.1 Å². The van der Waals surface area contributed by atoms with Crippen LogP contribution >= 0.6 is 27.5 Å². The lowest BCUT2D eigenvalue weighted by Crippen LogP contribution is -2.06. The van der Waals surface area contributed by atoms with Crippen molar-refractivity contribution in [3.63, 3.8) is 0 Å². The summed E-state index contributed by atoms with van der Waals surface area (Å²) in [5.41, 5.74) is 1.87. The smallest absolute Gasteiger partial charge is 0.197 e. The molecule has 0 aromatic heterocycles. The monoisotopic (exact) mass is 368 g/mol. The van der Waals surface area contributed by atoms with Gasteiger partial charge in [-0.1, -0.05) is 11.6 Å². The number of aryl methyl sites for hydroxylation is 1. The third-order valence-corrected chi connectivity index (χ3v) is 4.18. The van der Waals surface area contributed by atoms with Gasteiger partial charge in [0.2, 0.25) is 0 Å². The summed E-state index contributed by atoms with van der Waals surface area (Å²) >= 11 is 9.40. The van der Waals surface area contributed by atoms with Gasteiger partial charge in [0.05, 0.1) is 19.8 Å². The minimum absolute atomic E-state index is 0.138. The van der Waals surface area contributed by atoms with Gasteiger partial charge in [-0.3, -0.25) is 4.79 Å². The second-order valence-electron chi connectivity index (χ2n) is 4.48. The number of hydrogen-bond acceptors (Lipinski definition) is 3. The fraction of sp³-hybridized carbons (Fsp3) is 0.188. The largest absolute Gasteiger partial charge is 0.497 e. The van der Waals surface area contributed by atoms with E-state index >= 15 is 0 Å². The Kier molecular flexibility index (Phi) is 4.91. The fourth-order valence-corrected chi connectivity index (χ4v) is 2.71. The quantitative estimate of drug-likeness (QED) is 0.735. The molecule has 21 heavy (non-hydrogen) atoms. The minimum atomic E-state index is -0.138. The summed E-state index contributed by atoms with van der Waals surface area (Å²) < 4.78 is 11.1. The van der Waals surface area contributed by atoms with Gasteiger partial charge in [0.1, 0.15) is 11.5 Å². The summed E-state index contributed by atoms with van der Waals surface area (Å²) in [7, 11) is 3.08. The Bertz CT molecular complexity index is 698. The standard InChI is InChI=1S/C16H14BrClO3/c1-9-6-10(4-5-13(9)18)16(19)15-12(17)7-11(20-2)8-14(15)21-3/h4-8H,1-3H3. The molecule has 3 nitrogen and oxygen atoms in total. The van der Waals surface area contributed by atoms with E-state index in [1.807, 2.05) is 6.92 Å². The zero-order valence-corrected chi connectivity index (χ0v) is 14.2. The summed E-state index contributed by atoms with van der Waals surface area (Å²) in [6.45, 7) is 1.86.